The molecular weight excluding hydrogens is 279 g/mol. The summed E-state index contributed by atoms with van der Waals surface area (Å²) >= 11 is 0. The van der Waals surface area contributed by atoms with Gasteiger partial charge in [0.1, 0.15) is 11.9 Å². The molecule has 114 valence electrons. The summed E-state index contributed by atoms with van der Waals surface area (Å²) in [5.41, 5.74) is 1.79. The lowest BCUT2D eigenvalue weighted by Gasteiger charge is -2.33. The minimum atomic E-state index is -0.290. The van der Waals surface area contributed by atoms with E-state index in [0.717, 1.165) is 36.8 Å². The lowest BCUT2D eigenvalue weighted by Crippen LogP contribution is -2.38. The lowest BCUT2D eigenvalue weighted by atomic mass is 9.69. The number of benzene rings is 2. The van der Waals surface area contributed by atoms with Gasteiger partial charge < -0.3 is 9.84 Å². The first-order valence-corrected chi connectivity index (χ1v) is 7.97. The molecule has 1 N–H and O–H groups in total. The van der Waals surface area contributed by atoms with Crippen molar-refractivity contribution < 1.29 is 14.2 Å². The molecule has 2 aliphatic rings. The van der Waals surface area contributed by atoms with Crippen LogP contribution in [0.15, 0.2) is 42.5 Å². The number of hydrogen-bond donors (Lipinski definition) is 1. The van der Waals surface area contributed by atoms with Gasteiger partial charge in [-0.3, -0.25) is 0 Å². The third-order valence-electron chi connectivity index (χ3n) is 5.18. The van der Waals surface area contributed by atoms with E-state index in [-0.39, 0.29) is 23.1 Å². The van der Waals surface area contributed by atoms with Crippen LogP contribution in [0.3, 0.4) is 0 Å². The molecule has 4 rings (SSSR count). The Morgan fingerprint density at radius 3 is 2.68 bits per heavy atom. The molecule has 1 heterocycles. The molecule has 0 bridgehead atoms. The van der Waals surface area contributed by atoms with Gasteiger partial charge >= 0.3 is 0 Å². The van der Waals surface area contributed by atoms with Gasteiger partial charge in [0.2, 0.25) is 0 Å². The molecule has 1 fully saturated rings. The molecule has 0 amide bonds. The zero-order chi connectivity index (χ0) is 15.2. The number of phenolic OH excluding ortho intramolecular Hbond substituents is 1. The summed E-state index contributed by atoms with van der Waals surface area (Å²) in [6.07, 6.45) is 5.28. The van der Waals surface area contributed by atoms with Gasteiger partial charge in [-0.05, 0) is 43.0 Å². The Kier molecular flexibility index (Phi) is 3.10. The standard InChI is InChI=1S/C19H19FO2/c20-16-6-4-5-15-18(16)22-17-7-2-1-3-12-19(15,17)13-8-10-14(21)11-9-13/h4-6,8-11,17,21H,1-3,7,12H2. The molecule has 1 saturated carbocycles. The van der Waals surface area contributed by atoms with E-state index in [0.29, 0.717) is 5.75 Å². The minimum absolute atomic E-state index is 0.0218. The Hall–Kier alpha value is -2.03. The Morgan fingerprint density at radius 2 is 1.86 bits per heavy atom. The van der Waals surface area contributed by atoms with E-state index in [1.165, 1.54) is 12.5 Å². The summed E-state index contributed by atoms with van der Waals surface area (Å²) in [6, 6.07) is 12.6. The second kappa shape index (κ2) is 5.01. The quantitative estimate of drug-likeness (QED) is 0.837. The normalized spacial score (nSPS) is 26.7. The van der Waals surface area contributed by atoms with Crippen LogP contribution in [0.25, 0.3) is 0 Å². The minimum Gasteiger partial charge on any atom is -0.508 e. The molecule has 1 aliphatic heterocycles. The molecule has 0 spiro atoms. The van der Waals surface area contributed by atoms with Crippen molar-refractivity contribution in [2.45, 2.75) is 43.6 Å². The van der Waals surface area contributed by atoms with Crippen LogP contribution >= 0.6 is 0 Å². The highest BCUT2D eigenvalue weighted by Gasteiger charge is 2.51. The van der Waals surface area contributed by atoms with Crippen LogP contribution in [-0.2, 0) is 5.41 Å². The first kappa shape index (κ1) is 13.6. The van der Waals surface area contributed by atoms with Crippen molar-refractivity contribution in [2.24, 2.45) is 0 Å². The van der Waals surface area contributed by atoms with E-state index in [1.807, 2.05) is 18.2 Å². The Bertz CT molecular complexity index is 695. The SMILES string of the molecule is Oc1ccc(C23CCCCCC2Oc2c(F)cccc23)cc1. The van der Waals surface area contributed by atoms with Crippen molar-refractivity contribution in [2.75, 3.05) is 0 Å². The van der Waals surface area contributed by atoms with Crippen molar-refractivity contribution >= 4 is 0 Å². The predicted molar refractivity (Wildman–Crippen MR) is 82.8 cm³/mol. The second-order valence-electron chi connectivity index (χ2n) is 6.34. The van der Waals surface area contributed by atoms with Crippen LogP contribution in [0.5, 0.6) is 11.5 Å². The van der Waals surface area contributed by atoms with Crippen molar-refractivity contribution in [1.82, 2.24) is 0 Å². The molecule has 2 aromatic carbocycles. The van der Waals surface area contributed by atoms with E-state index >= 15 is 0 Å². The summed E-state index contributed by atoms with van der Waals surface area (Å²) in [4.78, 5) is 0. The van der Waals surface area contributed by atoms with Crippen LogP contribution in [0.2, 0.25) is 0 Å². The number of rotatable bonds is 1. The molecule has 2 aromatic rings. The summed E-state index contributed by atoms with van der Waals surface area (Å²) in [7, 11) is 0. The van der Waals surface area contributed by atoms with Gasteiger partial charge in [0.15, 0.2) is 11.6 Å². The average Bonchev–Trinajstić information content (AvgIpc) is 2.70. The van der Waals surface area contributed by atoms with Crippen LogP contribution < -0.4 is 4.74 Å². The third kappa shape index (κ3) is 1.84. The molecule has 2 atom stereocenters. The number of aromatic hydroxyl groups is 1. The smallest absolute Gasteiger partial charge is 0.165 e. The third-order valence-corrected chi connectivity index (χ3v) is 5.18. The summed E-state index contributed by atoms with van der Waals surface area (Å²) < 4.78 is 20.3. The number of hydrogen-bond acceptors (Lipinski definition) is 2. The number of ether oxygens (including phenoxy) is 1. The fraction of sp³-hybridized carbons (Fsp3) is 0.368. The van der Waals surface area contributed by atoms with Crippen LogP contribution in [0.1, 0.15) is 43.2 Å². The van der Waals surface area contributed by atoms with Gasteiger partial charge in [0.25, 0.3) is 0 Å². The lowest BCUT2D eigenvalue weighted by molar-refractivity contribution is 0.154. The highest BCUT2D eigenvalue weighted by atomic mass is 19.1. The van der Waals surface area contributed by atoms with E-state index in [4.69, 9.17) is 4.74 Å². The Balaban J connectivity index is 1.94. The highest BCUT2D eigenvalue weighted by Crippen LogP contribution is 2.53. The molecule has 3 heteroatoms. The molecular formula is C19H19FO2. The Labute approximate surface area is 129 Å². The molecule has 0 saturated heterocycles. The number of para-hydroxylation sites is 1. The number of fused-ring (bicyclic) bond motifs is 3. The zero-order valence-corrected chi connectivity index (χ0v) is 12.4. The van der Waals surface area contributed by atoms with Gasteiger partial charge in [0.05, 0.1) is 5.41 Å². The first-order chi connectivity index (χ1) is 10.7. The molecule has 2 nitrogen and oxygen atoms in total. The van der Waals surface area contributed by atoms with Crippen molar-refractivity contribution in [1.29, 1.82) is 0 Å². The van der Waals surface area contributed by atoms with E-state index in [1.54, 1.807) is 18.2 Å². The predicted octanol–water partition coefficient (Wildman–Crippen LogP) is 4.54. The van der Waals surface area contributed by atoms with E-state index in [9.17, 15) is 9.50 Å². The van der Waals surface area contributed by atoms with Gasteiger partial charge in [-0.25, -0.2) is 4.39 Å². The summed E-state index contributed by atoms with van der Waals surface area (Å²) in [5, 5.41) is 9.60. The van der Waals surface area contributed by atoms with Crippen LogP contribution in [-0.4, -0.2) is 11.2 Å². The molecule has 0 aromatic heterocycles. The van der Waals surface area contributed by atoms with Gasteiger partial charge in [-0.2, -0.15) is 0 Å². The maximum atomic E-state index is 14.2. The average molecular weight is 298 g/mol. The van der Waals surface area contributed by atoms with Crippen molar-refractivity contribution in [3.05, 3.63) is 59.4 Å². The molecule has 1 aliphatic carbocycles. The van der Waals surface area contributed by atoms with Crippen molar-refractivity contribution in [3.8, 4) is 11.5 Å². The number of phenols is 1. The monoisotopic (exact) mass is 298 g/mol. The highest BCUT2D eigenvalue weighted by molar-refractivity contribution is 5.53. The summed E-state index contributed by atoms with van der Waals surface area (Å²) in [5.74, 6) is 0.398. The molecule has 2 unspecified atom stereocenters. The fourth-order valence-electron chi connectivity index (χ4n) is 4.15. The maximum absolute atomic E-state index is 14.2. The first-order valence-electron chi connectivity index (χ1n) is 7.97. The Morgan fingerprint density at radius 1 is 1.05 bits per heavy atom. The van der Waals surface area contributed by atoms with Crippen LogP contribution in [0, 0.1) is 5.82 Å². The van der Waals surface area contributed by atoms with Crippen LogP contribution in [0.4, 0.5) is 4.39 Å². The van der Waals surface area contributed by atoms with Gasteiger partial charge in [0, 0.05) is 5.56 Å². The molecule has 0 radical (unpaired) electrons. The van der Waals surface area contributed by atoms with Crippen molar-refractivity contribution in [3.63, 3.8) is 0 Å². The fourth-order valence-corrected chi connectivity index (χ4v) is 4.15. The largest absolute Gasteiger partial charge is 0.508 e. The zero-order valence-electron chi connectivity index (χ0n) is 12.4. The summed E-state index contributed by atoms with van der Waals surface area (Å²) in [6.45, 7) is 0. The number of halogens is 1. The topological polar surface area (TPSA) is 29.5 Å². The van der Waals surface area contributed by atoms with E-state index < -0.39 is 0 Å². The van der Waals surface area contributed by atoms with Gasteiger partial charge in [-0.15, -0.1) is 0 Å². The van der Waals surface area contributed by atoms with Gasteiger partial charge in [-0.1, -0.05) is 37.1 Å². The maximum Gasteiger partial charge on any atom is 0.165 e. The van der Waals surface area contributed by atoms with E-state index in [2.05, 4.69) is 0 Å². The second-order valence-corrected chi connectivity index (χ2v) is 6.34. The molecule has 22 heavy (non-hydrogen) atoms.